The summed E-state index contributed by atoms with van der Waals surface area (Å²) in [6, 6.07) is 0. The standard InChI is InChI=1S/C4H4I2N2/c5-3-1-6-2-8-4(3)7/h1-2H,(H2,7,8). The van der Waals surface area contributed by atoms with Crippen molar-refractivity contribution in [3.05, 3.63) is 9.40 Å². The number of hydrogen-bond donors (Lipinski definition) is 1. The van der Waals surface area contributed by atoms with Crippen molar-refractivity contribution < 1.29 is 0 Å². The summed E-state index contributed by atoms with van der Waals surface area (Å²) in [5.74, 6) is 0.663. The zero-order valence-corrected chi connectivity index (χ0v) is 8.25. The number of rotatable bonds is 0. The van der Waals surface area contributed by atoms with Crippen LogP contribution in [0.2, 0.25) is 0 Å². The van der Waals surface area contributed by atoms with Crippen molar-refractivity contribution in [2.75, 3.05) is 0 Å². The van der Waals surface area contributed by atoms with Crippen LogP contribution in [0.4, 0.5) is 0 Å². The fraction of sp³-hybridized carbons (Fsp3) is 0. The predicted molar refractivity (Wildman–Crippen MR) is 53.8 cm³/mol. The van der Waals surface area contributed by atoms with Gasteiger partial charge < -0.3 is 5.73 Å². The largest absolute Gasteiger partial charge is 0.383 e. The van der Waals surface area contributed by atoms with Gasteiger partial charge in [-0.3, -0.25) is 0 Å². The molecule has 1 aliphatic heterocycles. The Morgan fingerprint density at radius 1 is 1.75 bits per heavy atom. The zero-order chi connectivity index (χ0) is 5.98. The maximum Gasteiger partial charge on any atom is 0.137 e. The van der Waals surface area contributed by atoms with Gasteiger partial charge in [-0.15, -0.1) is 0 Å². The molecule has 0 spiro atoms. The van der Waals surface area contributed by atoms with E-state index >= 15 is 0 Å². The summed E-state index contributed by atoms with van der Waals surface area (Å²) < 4.78 is 5.18. The number of nitrogens with zero attached hydrogens (tertiary/aromatic N) is 1. The Balaban J connectivity index is 2.97. The number of hydrogen-bond acceptors (Lipinski definition) is 2. The van der Waals surface area contributed by atoms with Gasteiger partial charge in [0.05, 0.1) is 7.80 Å². The molecule has 1 heterocycles. The molecule has 0 radical (unpaired) electrons. The summed E-state index contributed by atoms with van der Waals surface area (Å²) in [5.41, 5.74) is 5.44. The van der Waals surface area contributed by atoms with E-state index in [0.717, 1.165) is 3.58 Å². The molecular weight excluding hydrogens is 330 g/mol. The minimum absolute atomic E-state index is 0.0853. The van der Waals surface area contributed by atoms with E-state index in [1.807, 2.05) is 4.22 Å². The summed E-state index contributed by atoms with van der Waals surface area (Å²) in [6.07, 6.45) is 0. The van der Waals surface area contributed by atoms with Crippen LogP contribution in [0.5, 0.6) is 0 Å². The van der Waals surface area contributed by atoms with Crippen LogP contribution in [-0.2, 0) is 0 Å². The van der Waals surface area contributed by atoms with Gasteiger partial charge in [0.25, 0.3) is 0 Å². The molecule has 2 N–H and O–H groups in total. The fourth-order valence-electron chi connectivity index (χ4n) is 0.282. The van der Waals surface area contributed by atoms with E-state index in [1.165, 1.54) is 0 Å². The number of aliphatic imine (C=N–C) groups is 1. The number of allylic oxidation sites excluding steroid dienone is 1. The average Bonchev–Trinajstić information content (AvgIpc) is 1.77. The molecule has 0 aromatic heterocycles. The van der Waals surface area contributed by atoms with E-state index in [4.69, 9.17) is 5.73 Å². The van der Waals surface area contributed by atoms with Gasteiger partial charge in [0.2, 0.25) is 0 Å². The average molecular weight is 334 g/mol. The Hall–Kier alpha value is 0.540. The molecule has 4 heteroatoms. The van der Waals surface area contributed by atoms with E-state index in [2.05, 4.69) is 31.6 Å². The molecule has 0 saturated carbocycles. The molecule has 8 heavy (non-hydrogen) atoms. The third-order valence-electron chi connectivity index (χ3n) is 0.648. The monoisotopic (exact) mass is 334 g/mol. The fourth-order valence-corrected chi connectivity index (χ4v) is 2.59. The van der Waals surface area contributed by atoms with Crippen molar-refractivity contribution in [3.8, 4) is 0 Å². The van der Waals surface area contributed by atoms with Gasteiger partial charge in [-0.2, -0.15) is 0 Å². The van der Waals surface area contributed by atoms with Crippen LogP contribution in [-0.4, -0.2) is 8.23 Å². The highest BCUT2D eigenvalue weighted by atomic mass is 127. The van der Waals surface area contributed by atoms with E-state index in [-0.39, 0.29) is 20.7 Å². The lowest BCUT2D eigenvalue weighted by molar-refractivity contribution is 1.27. The van der Waals surface area contributed by atoms with Crippen LogP contribution < -0.4 is 5.73 Å². The molecular formula is C4H4I2N2. The van der Waals surface area contributed by atoms with Gasteiger partial charge in [-0.05, 0) is 26.6 Å². The molecule has 0 amide bonds. The first-order chi connectivity index (χ1) is 3.80. The van der Waals surface area contributed by atoms with Gasteiger partial charge in [0.1, 0.15) is 5.82 Å². The van der Waals surface area contributed by atoms with Crippen LogP contribution in [0, 0.1) is 0 Å². The lowest BCUT2D eigenvalue weighted by Gasteiger charge is -1.96. The second-order valence-corrected chi connectivity index (χ2v) is 4.26. The van der Waals surface area contributed by atoms with Crippen molar-refractivity contribution in [1.82, 2.24) is 0 Å². The highest BCUT2D eigenvalue weighted by Gasteiger charge is 1.94. The molecule has 0 aromatic rings. The normalized spacial score (nSPS) is 18.6. The van der Waals surface area contributed by atoms with Crippen molar-refractivity contribution in [1.29, 1.82) is 0 Å². The molecule has 0 saturated heterocycles. The van der Waals surface area contributed by atoms with Crippen LogP contribution in [0.25, 0.3) is 0 Å². The van der Waals surface area contributed by atoms with Gasteiger partial charge >= 0.3 is 0 Å². The maximum atomic E-state index is 5.44. The Bertz CT molecular complexity index is 160. The lowest BCUT2D eigenvalue weighted by atomic mass is 10.6. The van der Waals surface area contributed by atoms with Crippen LogP contribution in [0.3, 0.4) is 0 Å². The van der Waals surface area contributed by atoms with Gasteiger partial charge in [0.15, 0.2) is 0 Å². The molecule has 2 nitrogen and oxygen atoms in total. The Morgan fingerprint density at radius 2 is 2.50 bits per heavy atom. The zero-order valence-electron chi connectivity index (χ0n) is 3.94. The number of nitrogens with two attached hydrogens (primary N) is 1. The van der Waals surface area contributed by atoms with Crippen LogP contribution >= 0.6 is 43.3 Å². The first-order valence-electron chi connectivity index (χ1n) is 1.93. The topological polar surface area (TPSA) is 38.4 Å². The number of halogens is 2. The van der Waals surface area contributed by atoms with E-state index in [0.29, 0.717) is 5.82 Å². The quantitative estimate of drug-likeness (QED) is 0.668. The van der Waals surface area contributed by atoms with Crippen molar-refractivity contribution >= 4 is 51.6 Å². The Kier molecular flexibility index (Phi) is 2.42. The van der Waals surface area contributed by atoms with Crippen LogP contribution in [0.15, 0.2) is 14.4 Å². The highest BCUT2D eigenvalue weighted by molar-refractivity contribution is 14.2. The lowest BCUT2D eigenvalue weighted by Crippen LogP contribution is -1.97. The Morgan fingerprint density at radius 3 is 2.88 bits per heavy atom. The molecule has 0 fully saturated rings. The predicted octanol–water partition coefficient (Wildman–Crippen LogP) is 1.36. The van der Waals surface area contributed by atoms with Gasteiger partial charge in [-0.1, -0.05) is 20.7 Å². The molecule has 0 bridgehead atoms. The first-order valence-corrected chi connectivity index (χ1v) is 5.50. The van der Waals surface area contributed by atoms with Gasteiger partial charge in [0, 0.05) is 0 Å². The molecule has 44 valence electrons. The highest BCUT2D eigenvalue weighted by Crippen LogP contribution is 2.14. The summed E-state index contributed by atoms with van der Waals surface area (Å²) >= 11 is 2.28. The SMILES string of the molecule is NC1=C(I)C=IC=N1. The molecule has 0 aromatic carbocycles. The minimum atomic E-state index is 0.0853. The smallest absolute Gasteiger partial charge is 0.137 e. The third kappa shape index (κ3) is 1.51. The summed E-state index contributed by atoms with van der Waals surface area (Å²) in [6.45, 7) is 0. The molecule has 0 unspecified atom stereocenters. The first kappa shape index (κ1) is 6.66. The summed E-state index contributed by atoms with van der Waals surface area (Å²) in [5, 5.41) is 0. The third-order valence-corrected chi connectivity index (χ3v) is 4.29. The van der Waals surface area contributed by atoms with Crippen molar-refractivity contribution in [2.24, 2.45) is 10.7 Å². The van der Waals surface area contributed by atoms with E-state index in [1.54, 1.807) is 0 Å². The van der Waals surface area contributed by atoms with E-state index < -0.39 is 0 Å². The minimum Gasteiger partial charge on any atom is -0.383 e. The van der Waals surface area contributed by atoms with Crippen molar-refractivity contribution in [2.45, 2.75) is 0 Å². The maximum absolute atomic E-state index is 5.44. The molecule has 1 aliphatic rings. The second kappa shape index (κ2) is 2.90. The van der Waals surface area contributed by atoms with E-state index in [9.17, 15) is 0 Å². The molecule has 0 atom stereocenters. The Labute approximate surface area is 71.1 Å². The molecule has 0 aliphatic carbocycles. The molecule has 1 rings (SSSR count). The van der Waals surface area contributed by atoms with Gasteiger partial charge in [-0.25, -0.2) is 4.99 Å². The summed E-state index contributed by atoms with van der Waals surface area (Å²) in [4.78, 5) is 3.95. The second-order valence-electron chi connectivity index (χ2n) is 1.19. The summed E-state index contributed by atoms with van der Waals surface area (Å²) in [7, 11) is 0. The van der Waals surface area contributed by atoms with Crippen molar-refractivity contribution in [3.63, 3.8) is 0 Å². The van der Waals surface area contributed by atoms with Crippen LogP contribution in [0.1, 0.15) is 0 Å².